The second kappa shape index (κ2) is 7.89. The maximum absolute atomic E-state index is 12.1. The lowest BCUT2D eigenvalue weighted by Gasteiger charge is -2.09. The van der Waals surface area contributed by atoms with Crippen LogP contribution in [0.4, 0.5) is 0 Å². The van der Waals surface area contributed by atoms with Gasteiger partial charge in [0, 0.05) is 24.2 Å². The Kier molecular flexibility index (Phi) is 6.51. The first-order valence-electron chi connectivity index (χ1n) is 5.67. The minimum Gasteiger partial charge on any atom is -0.494 e. The van der Waals surface area contributed by atoms with Gasteiger partial charge >= 0.3 is 0 Å². The highest BCUT2D eigenvalue weighted by molar-refractivity contribution is 7.99. The Labute approximate surface area is 122 Å². The van der Waals surface area contributed by atoms with E-state index in [2.05, 4.69) is 16.3 Å². The van der Waals surface area contributed by atoms with Crippen LogP contribution < -0.4 is 9.46 Å². The van der Waals surface area contributed by atoms with Gasteiger partial charge < -0.3 is 4.74 Å². The van der Waals surface area contributed by atoms with Gasteiger partial charge in [-0.25, -0.2) is 13.1 Å². The number of nitrogens with zero attached hydrogens (tertiary/aromatic N) is 2. The van der Waals surface area contributed by atoms with Crippen LogP contribution in [0.2, 0.25) is 0 Å². The first kappa shape index (κ1) is 16.5. The zero-order chi connectivity index (χ0) is 15.0. The smallest absolute Gasteiger partial charge is 0.243 e. The molecule has 0 atom stereocenters. The largest absolute Gasteiger partial charge is 0.494 e. The van der Waals surface area contributed by atoms with E-state index >= 15 is 0 Å². The number of aromatic nitrogens is 1. The number of rotatable bonds is 8. The van der Waals surface area contributed by atoms with Crippen molar-refractivity contribution in [3.05, 3.63) is 30.6 Å². The number of nitrogens with one attached hydrogen (secondary N) is 1. The number of hydrogen-bond donors (Lipinski definition) is 1. The van der Waals surface area contributed by atoms with E-state index in [-0.39, 0.29) is 22.8 Å². The molecule has 0 saturated heterocycles. The molecule has 0 aliphatic carbocycles. The lowest BCUT2D eigenvalue weighted by atomic mass is 10.3. The van der Waals surface area contributed by atoms with Crippen molar-refractivity contribution in [3.8, 4) is 11.8 Å². The average Bonchev–Trinajstić information content (AvgIpc) is 2.45. The van der Waals surface area contributed by atoms with Crippen molar-refractivity contribution in [3.63, 3.8) is 0 Å². The van der Waals surface area contributed by atoms with Crippen LogP contribution in [-0.4, -0.2) is 38.6 Å². The summed E-state index contributed by atoms with van der Waals surface area (Å²) >= 11 is 1.56. The third-order valence-electron chi connectivity index (χ3n) is 2.27. The topological polar surface area (TPSA) is 92.1 Å². The minimum absolute atomic E-state index is 0.0475. The fraction of sp³-hybridized carbons (Fsp3) is 0.333. The van der Waals surface area contributed by atoms with Crippen LogP contribution in [0.5, 0.6) is 5.75 Å². The molecule has 0 radical (unpaired) electrons. The van der Waals surface area contributed by atoms with Crippen molar-refractivity contribution < 1.29 is 13.2 Å². The zero-order valence-corrected chi connectivity index (χ0v) is 12.6. The lowest BCUT2D eigenvalue weighted by Crippen LogP contribution is -2.27. The molecule has 1 aromatic heterocycles. The van der Waals surface area contributed by atoms with Crippen LogP contribution in [0.3, 0.4) is 0 Å². The van der Waals surface area contributed by atoms with Gasteiger partial charge in [-0.1, -0.05) is 6.08 Å². The molecule has 0 saturated carbocycles. The van der Waals surface area contributed by atoms with E-state index in [0.29, 0.717) is 5.75 Å². The van der Waals surface area contributed by atoms with Gasteiger partial charge in [0.05, 0.1) is 13.3 Å². The molecule has 0 amide bonds. The maximum atomic E-state index is 12.1. The molecule has 0 spiro atoms. The monoisotopic (exact) mass is 313 g/mol. The maximum Gasteiger partial charge on any atom is 0.243 e. The molecule has 1 rings (SSSR count). The first-order chi connectivity index (χ1) is 9.56. The Morgan fingerprint density at radius 3 is 2.95 bits per heavy atom. The molecule has 0 aliphatic heterocycles. The minimum atomic E-state index is -3.78. The van der Waals surface area contributed by atoms with Crippen LogP contribution in [0.25, 0.3) is 0 Å². The summed E-state index contributed by atoms with van der Waals surface area (Å²) in [7, 11) is -2.42. The number of sulfonamides is 1. The van der Waals surface area contributed by atoms with Gasteiger partial charge in [0.15, 0.2) is 5.75 Å². The quantitative estimate of drug-likeness (QED) is 0.572. The third kappa shape index (κ3) is 4.23. The van der Waals surface area contributed by atoms with Gasteiger partial charge in [-0.2, -0.15) is 17.0 Å². The second-order valence-electron chi connectivity index (χ2n) is 3.59. The van der Waals surface area contributed by atoms with Gasteiger partial charge in [-0.15, -0.1) is 6.58 Å². The number of hydrogen-bond acceptors (Lipinski definition) is 6. The molecule has 1 aromatic rings. The highest BCUT2D eigenvalue weighted by Gasteiger charge is 2.21. The van der Waals surface area contributed by atoms with Crippen LogP contribution in [0.1, 0.15) is 5.56 Å². The predicted octanol–water partition coefficient (Wildman–Crippen LogP) is 1.16. The first-order valence-corrected chi connectivity index (χ1v) is 8.31. The van der Waals surface area contributed by atoms with Gasteiger partial charge in [0.2, 0.25) is 10.0 Å². The Bertz CT molecular complexity index is 609. The van der Waals surface area contributed by atoms with Crippen molar-refractivity contribution in [1.29, 1.82) is 5.26 Å². The van der Waals surface area contributed by atoms with E-state index in [0.717, 1.165) is 11.9 Å². The van der Waals surface area contributed by atoms with E-state index in [4.69, 9.17) is 10.00 Å². The summed E-state index contributed by atoms with van der Waals surface area (Å²) in [5.41, 5.74) is -0.0475. The lowest BCUT2D eigenvalue weighted by molar-refractivity contribution is 0.409. The average molecular weight is 313 g/mol. The van der Waals surface area contributed by atoms with Gasteiger partial charge in [0.1, 0.15) is 16.5 Å². The molecule has 0 fully saturated rings. The number of ether oxygens (including phenoxy) is 1. The molecule has 0 unspecified atom stereocenters. The SMILES string of the molecule is C=CCSCCNS(=O)(=O)c1cncc(OC)c1C#N. The van der Waals surface area contributed by atoms with Crippen molar-refractivity contribution in [2.45, 2.75) is 4.90 Å². The predicted molar refractivity (Wildman–Crippen MR) is 78.2 cm³/mol. The van der Waals surface area contributed by atoms with Crippen LogP contribution >= 0.6 is 11.8 Å². The summed E-state index contributed by atoms with van der Waals surface area (Å²) in [5.74, 6) is 1.51. The highest BCUT2D eigenvalue weighted by atomic mass is 32.2. The van der Waals surface area contributed by atoms with E-state index in [1.165, 1.54) is 13.3 Å². The fourth-order valence-corrected chi connectivity index (χ4v) is 3.23. The van der Waals surface area contributed by atoms with Gasteiger partial charge in [-0.3, -0.25) is 4.98 Å². The standard InChI is InChI=1S/C12H15N3O3S2/c1-3-5-19-6-4-15-20(16,17)12-9-14-8-11(18-2)10(12)7-13/h3,8-9,15H,1,4-6H2,2H3. The molecule has 1 N–H and O–H groups in total. The summed E-state index contributed by atoms with van der Waals surface area (Å²) in [4.78, 5) is 3.60. The molecule has 6 nitrogen and oxygen atoms in total. The highest BCUT2D eigenvalue weighted by Crippen LogP contribution is 2.23. The Balaban J connectivity index is 2.88. The molecule has 108 valence electrons. The number of pyridine rings is 1. The number of nitriles is 1. The molecule has 20 heavy (non-hydrogen) atoms. The molecule has 1 heterocycles. The normalized spacial score (nSPS) is 10.8. The Morgan fingerprint density at radius 1 is 1.60 bits per heavy atom. The summed E-state index contributed by atoms with van der Waals surface area (Å²) in [6, 6.07) is 1.83. The number of thioether (sulfide) groups is 1. The van der Waals surface area contributed by atoms with Crippen molar-refractivity contribution >= 4 is 21.8 Å². The fourth-order valence-electron chi connectivity index (χ4n) is 1.38. The molecule has 0 aliphatic rings. The van der Waals surface area contributed by atoms with Gasteiger partial charge in [0.25, 0.3) is 0 Å². The second-order valence-corrected chi connectivity index (χ2v) is 6.47. The summed E-state index contributed by atoms with van der Waals surface area (Å²) in [5, 5.41) is 9.07. The summed E-state index contributed by atoms with van der Waals surface area (Å²) in [6.07, 6.45) is 4.19. The van der Waals surface area contributed by atoms with Crippen molar-refractivity contribution in [1.82, 2.24) is 9.71 Å². The van der Waals surface area contributed by atoms with E-state index in [9.17, 15) is 8.42 Å². The van der Waals surface area contributed by atoms with E-state index < -0.39 is 10.0 Å². The van der Waals surface area contributed by atoms with Crippen molar-refractivity contribution in [2.75, 3.05) is 25.2 Å². The molecular weight excluding hydrogens is 298 g/mol. The molecule has 8 heteroatoms. The van der Waals surface area contributed by atoms with Crippen LogP contribution in [-0.2, 0) is 10.0 Å². The summed E-state index contributed by atoms with van der Waals surface area (Å²) in [6.45, 7) is 3.85. The summed E-state index contributed by atoms with van der Waals surface area (Å²) < 4.78 is 31.6. The van der Waals surface area contributed by atoms with Crippen LogP contribution in [0.15, 0.2) is 29.9 Å². The molecule has 0 bridgehead atoms. The Hall–Kier alpha value is -1.56. The molecule has 0 aromatic carbocycles. The number of methoxy groups -OCH3 is 1. The van der Waals surface area contributed by atoms with Gasteiger partial charge in [-0.05, 0) is 0 Å². The van der Waals surface area contributed by atoms with Crippen LogP contribution in [0, 0.1) is 11.3 Å². The van der Waals surface area contributed by atoms with E-state index in [1.807, 2.05) is 6.07 Å². The van der Waals surface area contributed by atoms with E-state index in [1.54, 1.807) is 17.8 Å². The third-order valence-corrected chi connectivity index (χ3v) is 4.71. The van der Waals surface area contributed by atoms with Crippen molar-refractivity contribution in [2.24, 2.45) is 0 Å². The Morgan fingerprint density at radius 2 is 2.35 bits per heavy atom. The molecular formula is C12H15N3O3S2. The zero-order valence-electron chi connectivity index (χ0n) is 11.0.